The predicted octanol–water partition coefficient (Wildman–Crippen LogP) is 2.47. The summed E-state index contributed by atoms with van der Waals surface area (Å²) in [4.78, 5) is -0.0160. The smallest absolute Gasteiger partial charge is 0.244 e. The zero-order valence-corrected chi connectivity index (χ0v) is 16.1. The van der Waals surface area contributed by atoms with Crippen LogP contribution >= 0.6 is 11.6 Å². The Balaban J connectivity index is 1.94. The summed E-state index contributed by atoms with van der Waals surface area (Å²) in [5.41, 5.74) is 7.26. The molecule has 0 unspecified atom stereocenters. The lowest BCUT2D eigenvalue weighted by Crippen LogP contribution is -2.32. The van der Waals surface area contributed by atoms with E-state index in [1.807, 2.05) is 30.3 Å². The topological polar surface area (TPSA) is 81.9 Å². The first kappa shape index (κ1) is 19.0. The second-order valence-corrected chi connectivity index (χ2v) is 8.45. The Morgan fingerprint density at radius 2 is 1.69 bits per heavy atom. The van der Waals surface area contributed by atoms with Gasteiger partial charge in [-0.05, 0) is 5.56 Å². The van der Waals surface area contributed by atoms with E-state index in [1.54, 1.807) is 0 Å². The fourth-order valence-corrected chi connectivity index (χ4v) is 5.22. The lowest BCUT2D eigenvalue weighted by atomic mass is 9.95. The van der Waals surface area contributed by atoms with Gasteiger partial charge in [0.1, 0.15) is 4.90 Å². The predicted molar refractivity (Wildman–Crippen MR) is 100 cm³/mol. The van der Waals surface area contributed by atoms with E-state index in [0.717, 1.165) is 5.56 Å². The summed E-state index contributed by atoms with van der Waals surface area (Å²) < 4.78 is 38.0. The summed E-state index contributed by atoms with van der Waals surface area (Å²) in [7, 11) is -0.907. The number of nitrogens with two attached hydrogens (primary N) is 1. The molecule has 0 radical (unpaired) electrons. The Kier molecular flexibility index (Phi) is 5.43. The van der Waals surface area contributed by atoms with Crippen LogP contribution in [0.4, 0.5) is 0 Å². The van der Waals surface area contributed by atoms with Crippen molar-refractivity contribution in [3.05, 3.63) is 53.1 Å². The molecule has 1 aliphatic rings. The van der Waals surface area contributed by atoms with Gasteiger partial charge in [-0.2, -0.15) is 4.31 Å². The molecule has 1 saturated heterocycles. The maximum Gasteiger partial charge on any atom is 0.244 e. The first-order valence-electron chi connectivity index (χ1n) is 8.10. The number of halogens is 1. The molecule has 0 aromatic heterocycles. The highest BCUT2D eigenvalue weighted by atomic mass is 35.5. The minimum Gasteiger partial charge on any atom is -0.493 e. The molecular weight excluding hydrogens is 376 g/mol. The molecule has 0 amide bonds. The van der Waals surface area contributed by atoms with E-state index in [9.17, 15) is 8.42 Å². The Labute approximate surface area is 158 Å². The number of methoxy groups -OCH3 is 2. The number of hydrogen-bond acceptors (Lipinski definition) is 5. The molecular formula is C18H21ClN2O4S. The van der Waals surface area contributed by atoms with Crippen LogP contribution in [0.15, 0.2) is 47.4 Å². The molecule has 1 fully saturated rings. The van der Waals surface area contributed by atoms with Crippen LogP contribution < -0.4 is 15.2 Å². The molecule has 2 aromatic rings. The van der Waals surface area contributed by atoms with Crippen molar-refractivity contribution in [1.82, 2.24) is 4.31 Å². The van der Waals surface area contributed by atoms with Gasteiger partial charge < -0.3 is 15.2 Å². The second kappa shape index (κ2) is 7.44. The van der Waals surface area contributed by atoms with Crippen molar-refractivity contribution in [2.45, 2.75) is 16.9 Å². The summed E-state index contributed by atoms with van der Waals surface area (Å²) in [6.45, 7) is 0.532. The third kappa shape index (κ3) is 3.40. The van der Waals surface area contributed by atoms with Crippen molar-refractivity contribution in [3.8, 4) is 11.5 Å². The standard InChI is InChI=1S/C18H21ClN2O4S/c1-24-16-8-14(19)18(9-17(16)25-2)26(22,23)21-10-13(15(20)11-21)12-6-4-3-5-7-12/h3-9,13,15H,10-11,20H2,1-2H3/t13-,15+/m0/s1. The van der Waals surface area contributed by atoms with Crippen molar-refractivity contribution in [2.24, 2.45) is 5.73 Å². The fraction of sp³-hybridized carbons (Fsp3) is 0.333. The van der Waals surface area contributed by atoms with Gasteiger partial charge in [0.15, 0.2) is 11.5 Å². The van der Waals surface area contributed by atoms with Crippen LogP contribution in [0.3, 0.4) is 0 Å². The molecule has 1 aliphatic heterocycles. The van der Waals surface area contributed by atoms with E-state index in [2.05, 4.69) is 0 Å². The van der Waals surface area contributed by atoms with Crippen LogP contribution in [0.5, 0.6) is 11.5 Å². The minimum absolute atomic E-state index is 0.0160. The van der Waals surface area contributed by atoms with Gasteiger partial charge in [-0.3, -0.25) is 0 Å². The number of rotatable bonds is 5. The van der Waals surface area contributed by atoms with Gasteiger partial charge in [-0.15, -0.1) is 0 Å². The molecule has 1 heterocycles. The second-order valence-electron chi connectivity index (χ2n) is 6.14. The van der Waals surface area contributed by atoms with Crippen molar-refractivity contribution < 1.29 is 17.9 Å². The third-order valence-electron chi connectivity index (χ3n) is 4.62. The van der Waals surface area contributed by atoms with Gasteiger partial charge in [-0.25, -0.2) is 8.42 Å². The Morgan fingerprint density at radius 3 is 2.31 bits per heavy atom. The number of ether oxygens (including phenoxy) is 2. The van der Waals surface area contributed by atoms with Crippen LogP contribution in [0.2, 0.25) is 5.02 Å². The number of sulfonamides is 1. The summed E-state index contributed by atoms with van der Waals surface area (Å²) in [5.74, 6) is 0.611. The summed E-state index contributed by atoms with van der Waals surface area (Å²) in [6, 6.07) is 12.2. The van der Waals surface area contributed by atoms with Gasteiger partial charge in [0, 0.05) is 37.2 Å². The SMILES string of the molecule is COc1cc(Cl)c(S(=O)(=O)N2C[C@@H](N)[C@H](c3ccccc3)C2)cc1OC. The van der Waals surface area contributed by atoms with E-state index < -0.39 is 10.0 Å². The Bertz CT molecular complexity index is 890. The molecule has 140 valence electrons. The normalized spacial score (nSPS) is 20.9. The largest absolute Gasteiger partial charge is 0.493 e. The minimum atomic E-state index is -3.81. The number of benzene rings is 2. The van der Waals surface area contributed by atoms with Crippen molar-refractivity contribution in [1.29, 1.82) is 0 Å². The Hall–Kier alpha value is -1.80. The molecule has 8 heteroatoms. The summed E-state index contributed by atoms with van der Waals surface area (Å²) >= 11 is 6.22. The van der Waals surface area contributed by atoms with Crippen molar-refractivity contribution in [2.75, 3.05) is 27.3 Å². The lowest BCUT2D eigenvalue weighted by molar-refractivity contribution is 0.353. The van der Waals surface area contributed by atoms with Crippen LogP contribution in [-0.4, -0.2) is 46.1 Å². The Morgan fingerprint density at radius 1 is 1.08 bits per heavy atom. The van der Waals surface area contributed by atoms with E-state index in [-0.39, 0.29) is 28.4 Å². The first-order chi connectivity index (χ1) is 12.4. The average Bonchev–Trinajstić information content (AvgIpc) is 3.04. The highest BCUT2D eigenvalue weighted by molar-refractivity contribution is 7.89. The van der Waals surface area contributed by atoms with E-state index in [1.165, 1.54) is 30.7 Å². The van der Waals surface area contributed by atoms with Gasteiger partial charge in [-0.1, -0.05) is 41.9 Å². The fourth-order valence-electron chi connectivity index (χ4n) is 3.21. The third-order valence-corrected chi connectivity index (χ3v) is 6.91. The van der Waals surface area contributed by atoms with Gasteiger partial charge in [0.2, 0.25) is 10.0 Å². The zero-order valence-electron chi connectivity index (χ0n) is 14.6. The molecule has 0 spiro atoms. The first-order valence-corrected chi connectivity index (χ1v) is 9.92. The maximum atomic E-state index is 13.1. The summed E-state index contributed by atoms with van der Waals surface area (Å²) in [6.07, 6.45) is 0. The average molecular weight is 397 g/mol. The quantitative estimate of drug-likeness (QED) is 0.839. The highest BCUT2D eigenvalue weighted by Crippen LogP contribution is 2.38. The van der Waals surface area contributed by atoms with Crippen LogP contribution in [0, 0.1) is 0 Å². The van der Waals surface area contributed by atoms with Crippen molar-refractivity contribution >= 4 is 21.6 Å². The molecule has 6 nitrogen and oxygen atoms in total. The lowest BCUT2D eigenvalue weighted by Gasteiger charge is -2.19. The van der Waals surface area contributed by atoms with E-state index in [4.69, 9.17) is 26.8 Å². The zero-order chi connectivity index (χ0) is 18.9. The van der Waals surface area contributed by atoms with Crippen molar-refractivity contribution in [3.63, 3.8) is 0 Å². The number of hydrogen-bond donors (Lipinski definition) is 1. The monoisotopic (exact) mass is 396 g/mol. The molecule has 0 saturated carbocycles. The van der Waals surface area contributed by atoms with Gasteiger partial charge in [0.25, 0.3) is 0 Å². The molecule has 3 rings (SSSR count). The highest BCUT2D eigenvalue weighted by Gasteiger charge is 2.39. The van der Waals surface area contributed by atoms with E-state index in [0.29, 0.717) is 18.0 Å². The van der Waals surface area contributed by atoms with Gasteiger partial charge in [0.05, 0.1) is 19.2 Å². The van der Waals surface area contributed by atoms with E-state index >= 15 is 0 Å². The maximum absolute atomic E-state index is 13.1. The molecule has 2 N–H and O–H groups in total. The van der Waals surface area contributed by atoms with Crippen LogP contribution in [0.25, 0.3) is 0 Å². The van der Waals surface area contributed by atoms with Gasteiger partial charge >= 0.3 is 0 Å². The van der Waals surface area contributed by atoms with Crippen LogP contribution in [0.1, 0.15) is 11.5 Å². The molecule has 26 heavy (non-hydrogen) atoms. The molecule has 2 aromatic carbocycles. The summed E-state index contributed by atoms with van der Waals surface area (Å²) in [5, 5.41) is 0.0828. The molecule has 0 aliphatic carbocycles. The molecule has 2 atom stereocenters. The number of nitrogens with zero attached hydrogens (tertiary/aromatic N) is 1. The van der Waals surface area contributed by atoms with Crippen LogP contribution in [-0.2, 0) is 10.0 Å². The molecule has 0 bridgehead atoms.